The zero-order chi connectivity index (χ0) is 15.4. The van der Waals surface area contributed by atoms with Crippen LogP contribution in [-0.2, 0) is 10.2 Å². The van der Waals surface area contributed by atoms with Gasteiger partial charge in [0.2, 0.25) is 5.91 Å². The van der Waals surface area contributed by atoms with E-state index >= 15 is 0 Å². The maximum atomic E-state index is 12.6. The van der Waals surface area contributed by atoms with Crippen LogP contribution in [0, 0.1) is 0 Å². The number of carbonyl (C=O) groups excluding carboxylic acids is 1. The first-order valence-electron chi connectivity index (χ1n) is 8.41. The molecular weight excluding hydrogens is 276 g/mol. The Morgan fingerprint density at radius 1 is 1.27 bits per heavy atom. The summed E-state index contributed by atoms with van der Waals surface area (Å²) in [6.07, 6.45) is 6.87. The van der Waals surface area contributed by atoms with E-state index in [9.17, 15) is 4.79 Å². The summed E-state index contributed by atoms with van der Waals surface area (Å²) in [6, 6.07) is 8.36. The minimum Gasteiger partial charge on any atom is -0.497 e. The summed E-state index contributed by atoms with van der Waals surface area (Å²) >= 11 is 0. The molecule has 4 nitrogen and oxygen atoms in total. The van der Waals surface area contributed by atoms with Gasteiger partial charge in [0, 0.05) is 12.6 Å². The summed E-state index contributed by atoms with van der Waals surface area (Å²) < 4.78 is 5.19. The Morgan fingerprint density at radius 2 is 2.05 bits per heavy atom. The average molecular weight is 302 g/mol. The molecule has 1 saturated carbocycles. The average Bonchev–Trinajstić information content (AvgIpc) is 3.38. The van der Waals surface area contributed by atoms with Crippen LogP contribution in [0.1, 0.15) is 44.1 Å². The van der Waals surface area contributed by atoms with Crippen molar-refractivity contribution in [2.75, 3.05) is 20.2 Å². The predicted octanol–water partition coefficient (Wildman–Crippen LogP) is 2.38. The number of ether oxygens (including phenoxy) is 1. The third kappa shape index (κ3) is 3.27. The Morgan fingerprint density at radius 3 is 2.73 bits per heavy atom. The lowest BCUT2D eigenvalue weighted by atomic mass is 9.94. The number of methoxy groups -OCH3 is 1. The van der Waals surface area contributed by atoms with Crippen LogP contribution < -0.4 is 15.4 Å². The monoisotopic (exact) mass is 302 g/mol. The van der Waals surface area contributed by atoms with E-state index < -0.39 is 0 Å². The molecule has 1 amide bonds. The lowest BCUT2D eigenvalue weighted by molar-refractivity contribution is -0.123. The topological polar surface area (TPSA) is 50.4 Å². The van der Waals surface area contributed by atoms with Crippen molar-refractivity contribution >= 4 is 5.91 Å². The second-order valence-corrected chi connectivity index (χ2v) is 6.52. The summed E-state index contributed by atoms with van der Waals surface area (Å²) in [5.41, 5.74) is 0.816. The first kappa shape index (κ1) is 15.3. The quantitative estimate of drug-likeness (QED) is 0.878. The fourth-order valence-electron chi connectivity index (χ4n) is 3.34. The molecule has 22 heavy (non-hydrogen) atoms. The van der Waals surface area contributed by atoms with Gasteiger partial charge < -0.3 is 15.4 Å². The zero-order valence-electron chi connectivity index (χ0n) is 13.4. The van der Waals surface area contributed by atoms with Crippen molar-refractivity contribution < 1.29 is 9.53 Å². The Kier molecular flexibility index (Phi) is 4.67. The lowest BCUT2D eigenvalue weighted by Crippen LogP contribution is -2.44. The van der Waals surface area contributed by atoms with Crippen molar-refractivity contribution in [2.24, 2.45) is 0 Å². The molecule has 0 aromatic heterocycles. The summed E-state index contributed by atoms with van der Waals surface area (Å²) in [6.45, 7) is 1.82. The molecule has 1 aromatic rings. The van der Waals surface area contributed by atoms with E-state index in [0.717, 1.165) is 43.7 Å². The predicted molar refractivity (Wildman–Crippen MR) is 87.2 cm³/mol. The maximum Gasteiger partial charge on any atom is 0.230 e. The number of carbonyl (C=O) groups is 1. The summed E-state index contributed by atoms with van der Waals surface area (Å²) in [4.78, 5) is 12.6. The minimum atomic E-state index is -0.295. The molecule has 120 valence electrons. The second kappa shape index (κ2) is 6.69. The van der Waals surface area contributed by atoms with Crippen LogP contribution in [0.15, 0.2) is 24.3 Å². The highest BCUT2D eigenvalue weighted by atomic mass is 16.5. The van der Waals surface area contributed by atoms with Gasteiger partial charge in [-0.1, -0.05) is 25.0 Å². The maximum absolute atomic E-state index is 12.6. The highest BCUT2D eigenvalue weighted by Crippen LogP contribution is 2.48. The summed E-state index contributed by atoms with van der Waals surface area (Å²) in [5, 5.41) is 6.71. The van der Waals surface area contributed by atoms with Crippen molar-refractivity contribution in [1.29, 1.82) is 0 Å². The molecule has 0 spiro atoms. The van der Waals surface area contributed by atoms with E-state index in [2.05, 4.69) is 10.6 Å². The van der Waals surface area contributed by atoms with Gasteiger partial charge in [-0.3, -0.25) is 4.79 Å². The van der Waals surface area contributed by atoms with E-state index in [4.69, 9.17) is 4.74 Å². The number of nitrogens with one attached hydrogen (secondary N) is 2. The first-order valence-corrected chi connectivity index (χ1v) is 8.41. The third-order valence-corrected chi connectivity index (χ3v) is 5.00. The highest BCUT2D eigenvalue weighted by molar-refractivity contribution is 5.91. The molecule has 1 aromatic carbocycles. The zero-order valence-corrected chi connectivity index (χ0v) is 13.4. The van der Waals surface area contributed by atoms with Crippen molar-refractivity contribution in [3.05, 3.63) is 29.8 Å². The largest absolute Gasteiger partial charge is 0.497 e. The van der Waals surface area contributed by atoms with Gasteiger partial charge in [-0.05, 0) is 49.9 Å². The van der Waals surface area contributed by atoms with E-state index in [1.165, 1.54) is 19.3 Å². The summed E-state index contributed by atoms with van der Waals surface area (Å²) in [5.74, 6) is 1.02. The fraction of sp³-hybridized carbons (Fsp3) is 0.611. The van der Waals surface area contributed by atoms with Crippen LogP contribution in [0.25, 0.3) is 0 Å². The van der Waals surface area contributed by atoms with Gasteiger partial charge in [0.25, 0.3) is 0 Å². The van der Waals surface area contributed by atoms with E-state index in [1.807, 2.05) is 24.3 Å². The molecule has 2 N–H and O–H groups in total. The first-order chi connectivity index (χ1) is 10.7. The fourth-order valence-corrected chi connectivity index (χ4v) is 3.34. The van der Waals surface area contributed by atoms with Crippen LogP contribution in [0.4, 0.5) is 0 Å². The molecule has 0 radical (unpaired) electrons. The molecule has 1 heterocycles. The molecule has 4 heteroatoms. The molecule has 2 aliphatic rings. The number of amides is 1. The SMILES string of the molecule is COc1ccc(C2(C(=O)NC[C@@H]3CCCCCN3)CC2)cc1. The van der Waals surface area contributed by atoms with Crippen molar-refractivity contribution in [3.8, 4) is 5.75 Å². The van der Waals surface area contributed by atoms with E-state index in [-0.39, 0.29) is 11.3 Å². The van der Waals surface area contributed by atoms with E-state index in [1.54, 1.807) is 7.11 Å². The van der Waals surface area contributed by atoms with Crippen LogP contribution in [-0.4, -0.2) is 32.1 Å². The molecular formula is C18H26N2O2. The van der Waals surface area contributed by atoms with Gasteiger partial charge in [-0.2, -0.15) is 0 Å². The molecule has 2 fully saturated rings. The Hall–Kier alpha value is -1.55. The Labute approximate surface area is 132 Å². The second-order valence-electron chi connectivity index (χ2n) is 6.52. The molecule has 1 atom stereocenters. The van der Waals surface area contributed by atoms with Gasteiger partial charge in [0.05, 0.1) is 12.5 Å². The molecule has 1 saturated heterocycles. The molecule has 0 bridgehead atoms. The minimum absolute atomic E-state index is 0.184. The van der Waals surface area contributed by atoms with Gasteiger partial charge in [0.15, 0.2) is 0 Å². The smallest absolute Gasteiger partial charge is 0.230 e. The van der Waals surface area contributed by atoms with Gasteiger partial charge in [-0.25, -0.2) is 0 Å². The van der Waals surface area contributed by atoms with Crippen LogP contribution >= 0.6 is 0 Å². The Balaban J connectivity index is 1.58. The van der Waals surface area contributed by atoms with Crippen LogP contribution in [0.5, 0.6) is 5.75 Å². The number of hydrogen-bond acceptors (Lipinski definition) is 3. The standard InChI is InChI=1S/C18H26N2O2/c1-22-16-8-6-14(7-9-16)18(10-11-18)17(21)20-13-15-5-3-2-4-12-19-15/h6-9,15,19H,2-5,10-13H2,1H3,(H,20,21)/t15-/m0/s1. The molecule has 0 unspecified atom stereocenters. The van der Waals surface area contributed by atoms with E-state index in [0.29, 0.717) is 6.04 Å². The molecule has 1 aliphatic heterocycles. The van der Waals surface area contributed by atoms with Crippen molar-refractivity contribution in [1.82, 2.24) is 10.6 Å². The molecule has 1 aliphatic carbocycles. The summed E-state index contributed by atoms with van der Waals surface area (Å²) in [7, 11) is 1.66. The number of rotatable bonds is 5. The van der Waals surface area contributed by atoms with Crippen LogP contribution in [0.3, 0.4) is 0 Å². The Bertz CT molecular complexity index is 500. The molecule has 3 rings (SSSR count). The lowest BCUT2D eigenvalue weighted by Gasteiger charge is -2.20. The van der Waals surface area contributed by atoms with Crippen molar-refractivity contribution in [3.63, 3.8) is 0 Å². The highest BCUT2D eigenvalue weighted by Gasteiger charge is 2.51. The third-order valence-electron chi connectivity index (χ3n) is 5.00. The van der Waals surface area contributed by atoms with Crippen LogP contribution in [0.2, 0.25) is 0 Å². The van der Waals surface area contributed by atoms with Gasteiger partial charge >= 0.3 is 0 Å². The normalized spacial score (nSPS) is 23.4. The van der Waals surface area contributed by atoms with Crippen molar-refractivity contribution in [2.45, 2.75) is 50.0 Å². The van der Waals surface area contributed by atoms with Gasteiger partial charge in [0.1, 0.15) is 5.75 Å². The van der Waals surface area contributed by atoms with Gasteiger partial charge in [-0.15, -0.1) is 0 Å². The number of benzene rings is 1. The number of hydrogen-bond donors (Lipinski definition) is 2.